The Morgan fingerprint density at radius 1 is 0.710 bits per heavy atom. The number of fused-ring (bicyclic) bond motifs is 5. The van der Waals surface area contributed by atoms with Crippen molar-refractivity contribution in [3.63, 3.8) is 0 Å². The van der Waals surface area contributed by atoms with Crippen LogP contribution >= 0.6 is 0 Å². The van der Waals surface area contributed by atoms with E-state index >= 15 is 0 Å². The number of hydrogen-bond acceptors (Lipinski definition) is 1. The van der Waals surface area contributed by atoms with Crippen molar-refractivity contribution in [1.82, 2.24) is 0 Å². The summed E-state index contributed by atoms with van der Waals surface area (Å²) in [6, 6.07) is 21.5. The van der Waals surface area contributed by atoms with E-state index in [1.54, 1.807) is 0 Å². The zero-order chi connectivity index (χ0) is 21.1. The first kappa shape index (κ1) is 18.0. The highest BCUT2D eigenvalue weighted by molar-refractivity contribution is 6.23. The molecule has 154 valence electrons. The molecular weight excluding hydrogens is 376 g/mol. The monoisotopic (exact) mass is 404 g/mol. The van der Waals surface area contributed by atoms with Crippen LogP contribution in [0.2, 0.25) is 0 Å². The lowest BCUT2D eigenvalue weighted by atomic mass is 9.37. The fraction of sp³-hybridized carbons (Fsp3) is 0.367. The molecule has 0 aromatic heterocycles. The fourth-order valence-corrected chi connectivity index (χ4v) is 8.82. The SMILES string of the molecule is CC1=C[C@H]2C=C[C@@H]1[C@@H]1[C@@H]2[C@@H]2[C@@H]1[C@@]1(C)C(=O)[C@@]2(C)C(c2ccccc2)=C1c1ccccc1. The molecule has 0 radical (unpaired) electrons. The van der Waals surface area contributed by atoms with Gasteiger partial charge in [0.2, 0.25) is 0 Å². The maximum Gasteiger partial charge on any atom is 0.153 e. The van der Waals surface area contributed by atoms with Crippen molar-refractivity contribution in [2.75, 3.05) is 0 Å². The lowest BCUT2D eigenvalue weighted by Gasteiger charge is -2.65. The molecule has 1 nitrogen and oxygen atoms in total. The van der Waals surface area contributed by atoms with E-state index in [9.17, 15) is 4.79 Å². The van der Waals surface area contributed by atoms with Crippen LogP contribution in [0.5, 0.6) is 0 Å². The van der Waals surface area contributed by atoms with Crippen molar-refractivity contribution in [3.8, 4) is 0 Å². The molecule has 8 atom stereocenters. The summed E-state index contributed by atoms with van der Waals surface area (Å²) in [5.74, 6) is 3.59. The van der Waals surface area contributed by atoms with Gasteiger partial charge in [0.25, 0.3) is 0 Å². The standard InChI is InChI=1S/C30H28O/c1-17-16-20-14-15-21(17)23-22(20)26-27(23)30(3)25(19-12-8-5-9-13-19)24(29(26,2)28(30)31)18-10-6-4-7-11-18/h4-16,20-23,26-27H,1-3H3/t20-,21+,22-,23-,26-,27-,29+,30+/m1/s1. The Balaban J connectivity index is 1.52. The number of carbonyl (C=O) groups is 1. The Hall–Kier alpha value is -2.67. The summed E-state index contributed by atoms with van der Waals surface area (Å²) in [6.07, 6.45) is 7.37. The van der Waals surface area contributed by atoms with E-state index in [0.29, 0.717) is 41.3 Å². The Morgan fingerprint density at radius 3 is 1.74 bits per heavy atom. The van der Waals surface area contributed by atoms with Crippen molar-refractivity contribution in [1.29, 1.82) is 0 Å². The van der Waals surface area contributed by atoms with Gasteiger partial charge in [0.15, 0.2) is 5.78 Å². The first-order valence-electron chi connectivity index (χ1n) is 11.8. The van der Waals surface area contributed by atoms with Crippen LogP contribution in [0.25, 0.3) is 11.1 Å². The molecule has 0 heterocycles. The minimum atomic E-state index is -0.404. The quantitative estimate of drug-likeness (QED) is 0.526. The fourth-order valence-electron chi connectivity index (χ4n) is 8.82. The molecule has 2 fully saturated rings. The number of ketones is 1. The van der Waals surface area contributed by atoms with Gasteiger partial charge in [-0.1, -0.05) is 84.5 Å². The highest BCUT2D eigenvalue weighted by Crippen LogP contribution is 2.82. The molecule has 2 aromatic carbocycles. The van der Waals surface area contributed by atoms with Gasteiger partial charge in [-0.3, -0.25) is 4.79 Å². The van der Waals surface area contributed by atoms with Gasteiger partial charge >= 0.3 is 0 Å². The largest absolute Gasteiger partial charge is 0.298 e. The van der Waals surface area contributed by atoms with Crippen molar-refractivity contribution < 1.29 is 4.79 Å². The maximum atomic E-state index is 14.4. The molecule has 0 amide bonds. The van der Waals surface area contributed by atoms with Gasteiger partial charge in [-0.25, -0.2) is 0 Å². The average Bonchev–Trinajstić information content (AvgIpc) is 3.03. The van der Waals surface area contributed by atoms with E-state index < -0.39 is 10.8 Å². The van der Waals surface area contributed by atoms with Gasteiger partial charge in [0, 0.05) is 5.92 Å². The van der Waals surface area contributed by atoms with Gasteiger partial charge in [-0.05, 0) is 72.6 Å². The van der Waals surface area contributed by atoms with Crippen LogP contribution in [-0.2, 0) is 4.79 Å². The smallest absolute Gasteiger partial charge is 0.153 e. The molecule has 6 aliphatic carbocycles. The van der Waals surface area contributed by atoms with Crippen molar-refractivity contribution in [2.45, 2.75) is 20.8 Å². The van der Waals surface area contributed by atoms with E-state index in [-0.39, 0.29) is 0 Å². The Kier molecular flexibility index (Phi) is 3.23. The molecule has 4 bridgehead atoms. The molecule has 0 N–H and O–H groups in total. The van der Waals surface area contributed by atoms with E-state index in [1.807, 2.05) is 0 Å². The Bertz CT molecular complexity index is 1220. The summed E-state index contributed by atoms with van der Waals surface area (Å²) in [6.45, 7) is 6.88. The molecule has 1 heteroatoms. The molecule has 0 saturated heterocycles. The molecule has 31 heavy (non-hydrogen) atoms. The number of benzene rings is 2. The Labute approximate surface area is 184 Å². The van der Waals surface area contributed by atoms with Crippen LogP contribution in [-0.4, -0.2) is 5.78 Å². The predicted octanol–water partition coefficient (Wildman–Crippen LogP) is 6.45. The summed E-state index contributed by atoms with van der Waals surface area (Å²) in [7, 11) is 0. The molecule has 2 aromatic rings. The predicted molar refractivity (Wildman–Crippen MR) is 125 cm³/mol. The molecule has 0 unspecified atom stereocenters. The minimum absolute atomic E-state index is 0.403. The number of Topliss-reactive ketones (excluding diaryl/α,β-unsaturated/α-hetero) is 1. The molecule has 8 rings (SSSR count). The van der Waals surface area contributed by atoms with E-state index in [0.717, 1.165) is 0 Å². The Morgan fingerprint density at radius 2 is 1.23 bits per heavy atom. The van der Waals surface area contributed by atoms with E-state index in [2.05, 4.69) is 99.7 Å². The van der Waals surface area contributed by atoms with Gasteiger partial charge in [-0.2, -0.15) is 0 Å². The van der Waals surface area contributed by atoms with Crippen LogP contribution in [0.15, 0.2) is 84.5 Å². The van der Waals surface area contributed by atoms with Crippen LogP contribution in [0, 0.1) is 46.3 Å². The van der Waals surface area contributed by atoms with E-state index in [4.69, 9.17) is 0 Å². The molecular formula is C30H28O. The van der Waals surface area contributed by atoms with Gasteiger partial charge < -0.3 is 0 Å². The van der Waals surface area contributed by atoms with Crippen LogP contribution in [0.3, 0.4) is 0 Å². The minimum Gasteiger partial charge on any atom is -0.298 e. The van der Waals surface area contributed by atoms with Crippen LogP contribution in [0.1, 0.15) is 31.9 Å². The van der Waals surface area contributed by atoms with E-state index in [1.165, 1.54) is 27.8 Å². The summed E-state index contributed by atoms with van der Waals surface area (Å²) < 4.78 is 0. The first-order chi connectivity index (χ1) is 15.0. The zero-order valence-corrected chi connectivity index (χ0v) is 18.4. The number of hydrogen-bond donors (Lipinski definition) is 0. The second-order valence-corrected chi connectivity index (χ2v) is 10.8. The normalized spacial score (nSPS) is 43.6. The topological polar surface area (TPSA) is 17.1 Å². The van der Waals surface area contributed by atoms with Gasteiger partial charge in [0.1, 0.15) is 0 Å². The van der Waals surface area contributed by atoms with Crippen molar-refractivity contribution in [3.05, 3.63) is 95.6 Å². The van der Waals surface area contributed by atoms with Crippen LogP contribution < -0.4 is 0 Å². The molecule has 6 aliphatic rings. The third-order valence-corrected chi connectivity index (χ3v) is 9.73. The summed E-state index contributed by atoms with van der Waals surface area (Å²) in [4.78, 5) is 14.4. The lowest BCUT2D eigenvalue weighted by Crippen LogP contribution is -2.61. The zero-order valence-electron chi connectivity index (χ0n) is 18.4. The third-order valence-electron chi connectivity index (χ3n) is 9.73. The summed E-state index contributed by atoms with van der Waals surface area (Å²) >= 11 is 0. The van der Waals surface area contributed by atoms with Gasteiger partial charge in [0.05, 0.1) is 10.8 Å². The number of rotatable bonds is 2. The highest BCUT2D eigenvalue weighted by atomic mass is 16.1. The van der Waals surface area contributed by atoms with Crippen LogP contribution in [0.4, 0.5) is 0 Å². The second kappa shape index (κ2) is 5.57. The average molecular weight is 405 g/mol. The summed E-state index contributed by atoms with van der Waals surface area (Å²) in [5.41, 5.74) is 5.78. The third kappa shape index (κ3) is 1.81. The lowest BCUT2D eigenvalue weighted by molar-refractivity contribution is -0.127. The van der Waals surface area contributed by atoms with Crippen molar-refractivity contribution in [2.24, 2.45) is 46.3 Å². The number of carbonyl (C=O) groups excluding carboxylic acids is 1. The molecule has 2 saturated carbocycles. The molecule has 0 aliphatic heterocycles. The summed E-state index contributed by atoms with van der Waals surface area (Å²) in [5, 5.41) is 0. The highest BCUT2D eigenvalue weighted by Gasteiger charge is 2.81. The maximum absolute atomic E-state index is 14.4. The molecule has 0 spiro atoms. The first-order valence-corrected chi connectivity index (χ1v) is 11.8. The number of allylic oxidation sites excluding steroid dienone is 6. The van der Waals surface area contributed by atoms with Gasteiger partial charge in [-0.15, -0.1) is 0 Å². The van der Waals surface area contributed by atoms with Crippen molar-refractivity contribution >= 4 is 16.9 Å². The second-order valence-electron chi connectivity index (χ2n) is 10.8.